The summed E-state index contributed by atoms with van der Waals surface area (Å²) in [4.78, 5) is 70.7. The van der Waals surface area contributed by atoms with Crippen molar-refractivity contribution in [2.24, 2.45) is 11.8 Å². The number of aromatic amines is 2. The molecule has 4 aromatic rings. The van der Waals surface area contributed by atoms with Gasteiger partial charge in [0.05, 0.1) is 50.1 Å². The maximum absolute atomic E-state index is 13.5. The van der Waals surface area contributed by atoms with Crippen LogP contribution < -0.4 is 10.6 Å². The van der Waals surface area contributed by atoms with Gasteiger partial charge < -0.3 is 39.9 Å². The molecule has 6 rings (SSSR count). The topological polar surface area (TPSA) is 175 Å². The van der Waals surface area contributed by atoms with E-state index >= 15 is 0 Å². The molecule has 2 aromatic carbocycles. The maximum atomic E-state index is 13.5. The Balaban J connectivity index is 0.00000348. The molecule has 2 saturated heterocycles. The second-order valence-electron chi connectivity index (χ2n) is 14.6. The Hall–Kier alpha value is -5.08. The molecule has 16 heteroatoms. The lowest BCUT2D eigenvalue weighted by Gasteiger charge is -2.30. The number of nitrogens with one attached hydrogen (secondary N) is 4. The highest BCUT2D eigenvalue weighted by atomic mass is 35.5. The molecule has 0 bridgehead atoms. The molecular formula is C40H52Cl2N8O6. The van der Waals surface area contributed by atoms with Crippen LogP contribution in [0, 0.1) is 11.8 Å². The predicted octanol–water partition coefficient (Wildman–Crippen LogP) is 7.07. The molecule has 0 aliphatic carbocycles. The molecule has 1 unspecified atom stereocenters. The van der Waals surface area contributed by atoms with Crippen molar-refractivity contribution >= 4 is 48.8 Å². The average molecular weight is 812 g/mol. The van der Waals surface area contributed by atoms with Gasteiger partial charge in [0.15, 0.2) is 0 Å². The molecule has 2 aromatic heterocycles. The highest BCUT2D eigenvalue weighted by Crippen LogP contribution is 2.35. The van der Waals surface area contributed by atoms with Gasteiger partial charge in [-0.3, -0.25) is 9.59 Å². The van der Waals surface area contributed by atoms with Crippen LogP contribution in [0.25, 0.3) is 33.6 Å². The Kier molecular flexibility index (Phi) is 14.9. The number of amides is 4. The van der Waals surface area contributed by atoms with E-state index in [0.29, 0.717) is 13.1 Å². The third kappa shape index (κ3) is 9.47. The van der Waals surface area contributed by atoms with Gasteiger partial charge in [-0.15, -0.1) is 24.8 Å². The van der Waals surface area contributed by atoms with Gasteiger partial charge in [0, 0.05) is 13.1 Å². The molecule has 2 aliphatic heterocycles. The Bertz CT molecular complexity index is 1810. The highest BCUT2D eigenvalue weighted by Gasteiger charge is 2.39. The van der Waals surface area contributed by atoms with Crippen molar-refractivity contribution in [3.8, 4) is 33.6 Å². The van der Waals surface area contributed by atoms with E-state index in [0.717, 1.165) is 71.0 Å². The second kappa shape index (κ2) is 19.2. The lowest BCUT2D eigenvalue weighted by atomic mass is 10.0. The number of likely N-dealkylation sites (tertiary alicyclic amines) is 2. The maximum Gasteiger partial charge on any atom is 0.407 e. The zero-order chi connectivity index (χ0) is 38.5. The highest BCUT2D eigenvalue weighted by molar-refractivity contribution is 5.87. The molecule has 14 nitrogen and oxygen atoms in total. The van der Waals surface area contributed by atoms with Crippen molar-refractivity contribution in [2.75, 3.05) is 27.3 Å². The summed E-state index contributed by atoms with van der Waals surface area (Å²) in [6.45, 7) is 8.78. The van der Waals surface area contributed by atoms with Gasteiger partial charge in [0.2, 0.25) is 11.8 Å². The third-order valence-corrected chi connectivity index (χ3v) is 10.4. The molecule has 302 valence electrons. The van der Waals surface area contributed by atoms with Crippen LogP contribution in [0.15, 0.2) is 60.9 Å². The molecule has 56 heavy (non-hydrogen) atoms. The first-order chi connectivity index (χ1) is 26.0. The van der Waals surface area contributed by atoms with E-state index in [1.165, 1.54) is 14.2 Å². The molecule has 4 N–H and O–H groups in total. The minimum atomic E-state index is -0.687. The summed E-state index contributed by atoms with van der Waals surface area (Å²) >= 11 is 0. The molecule has 0 saturated carbocycles. The smallest absolute Gasteiger partial charge is 0.407 e. The van der Waals surface area contributed by atoms with E-state index in [4.69, 9.17) is 9.47 Å². The predicted molar refractivity (Wildman–Crippen MR) is 217 cm³/mol. The summed E-state index contributed by atoms with van der Waals surface area (Å²) in [5, 5.41) is 5.38. The normalized spacial score (nSPS) is 17.5. The van der Waals surface area contributed by atoms with Crippen molar-refractivity contribution in [1.29, 1.82) is 0 Å². The molecule has 4 atom stereocenters. The van der Waals surface area contributed by atoms with Gasteiger partial charge in [-0.1, -0.05) is 76.2 Å². The number of halogens is 2. The molecule has 4 heterocycles. The molecule has 2 aliphatic rings. The number of ether oxygens (including phenoxy) is 2. The Morgan fingerprint density at radius 3 is 1.29 bits per heavy atom. The third-order valence-electron chi connectivity index (χ3n) is 10.4. The van der Waals surface area contributed by atoms with Crippen LogP contribution in [0.1, 0.15) is 77.1 Å². The fourth-order valence-corrected chi connectivity index (χ4v) is 7.38. The average Bonchev–Trinajstić information content (AvgIpc) is 4.02. The molecule has 4 amide bonds. The van der Waals surface area contributed by atoms with Gasteiger partial charge in [0.1, 0.15) is 23.7 Å². The number of alkyl carbamates (subject to hydrolysis) is 2. The van der Waals surface area contributed by atoms with E-state index in [9.17, 15) is 19.2 Å². The Morgan fingerprint density at radius 2 is 0.964 bits per heavy atom. The van der Waals surface area contributed by atoms with Crippen LogP contribution in [-0.2, 0) is 19.1 Å². The van der Waals surface area contributed by atoms with E-state index in [-0.39, 0.29) is 60.5 Å². The van der Waals surface area contributed by atoms with Gasteiger partial charge >= 0.3 is 12.2 Å². The number of H-pyrrole nitrogens is 2. The summed E-state index contributed by atoms with van der Waals surface area (Å²) in [5.41, 5.74) is 5.78. The fraction of sp³-hybridized carbons (Fsp3) is 0.450. The number of hydrogen-bond acceptors (Lipinski definition) is 8. The van der Waals surface area contributed by atoms with Crippen molar-refractivity contribution < 1.29 is 28.7 Å². The minimum Gasteiger partial charge on any atom is -0.453 e. The number of rotatable bonds is 11. The molecular weight excluding hydrogens is 759 g/mol. The quantitative estimate of drug-likeness (QED) is 0.125. The second-order valence-corrected chi connectivity index (χ2v) is 14.6. The lowest BCUT2D eigenvalue weighted by Crippen LogP contribution is -2.51. The van der Waals surface area contributed by atoms with E-state index in [1.807, 2.05) is 52.0 Å². The van der Waals surface area contributed by atoms with Crippen LogP contribution in [-0.4, -0.2) is 93.1 Å². The number of carbonyl (C=O) groups excluding carboxylic acids is 4. The first-order valence-electron chi connectivity index (χ1n) is 18.6. The van der Waals surface area contributed by atoms with Crippen molar-refractivity contribution in [2.45, 2.75) is 77.5 Å². The zero-order valence-electron chi connectivity index (χ0n) is 32.5. The monoisotopic (exact) mass is 810 g/mol. The van der Waals surface area contributed by atoms with Gasteiger partial charge in [-0.05, 0) is 59.8 Å². The van der Waals surface area contributed by atoms with E-state index in [1.54, 1.807) is 22.2 Å². The summed E-state index contributed by atoms with van der Waals surface area (Å²) in [5.74, 6) is 0.955. The Labute approximate surface area is 339 Å². The van der Waals surface area contributed by atoms with Crippen LogP contribution in [0.5, 0.6) is 0 Å². The lowest BCUT2D eigenvalue weighted by molar-refractivity contribution is -0.136. The number of methoxy groups -OCH3 is 2. The van der Waals surface area contributed by atoms with Crippen LogP contribution in [0.3, 0.4) is 0 Å². The number of hydrogen-bond donors (Lipinski definition) is 4. The number of imidazole rings is 2. The number of carbonyl (C=O) groups is 4. The first-order valence-corrected chi connectivity index (χ1v) is 18.6. The number of nitrogens with zero attached hydrogens (tertiary/aromatic N) is 4. The molecule has 2 fully saturated rings. The number of aromatic nitrogens is 4. The zero-order valence-corrected chi connectivity index (χ0v) is 34.2. The van der Waals surface area contributed by atoms with E-state index in [2.05, 4.69) is 54.8 Å². The first kappa shape index (κ1) is 43.6. The van der Waals surface area contributed by atoms with Crippen molar-refractivity contribution in [1.82, 2.24) is 40.4 Å². The van der Waals surface area contributed by atoms with Crippen molar-refractivity contribution in [3.05, 3.63) is 72.6 Å². The van der Waals surface area contributed by atoms with Crippen molar-refractivity contribution in [3.63, 3.8) is 0 Å². The summed E-state index contributed by atoms with van der Waals surface area (Å²) < 4.78 is 9.50. The largest absolute Gasteiger partial charge is 0.453 e. The Morgan fingerprint density at radius 1 is 0.625 bits per heavy atom. The van der Waals surface area contributed by atoms with Crippen LogP contribution >= 0.6 is 24.8 Å². The molecule has 0 radical (unpaired) electrons. The van der Waals surface area contributed by atoms with Crippen LogP contribution in [0.4, 0.5) is 9.59 Å². The minimum absolute atomic E-state index is 0. The van der Waals surface area contributed by atoms with Gasteiger partial charge in [-0.25, -0.2) is 19.6 Å². The summed E-state index contributed by atoms with van der Waals surface area (Å²) in [6.07, 6.45) is 5.61. The van der Waals surface area contributed by atoms with Gasteiger partial charge in [-0.2, -0.15) is 0 Å². The summed E-state index contributed by atoms with van der Waals surface area (Å²) in [6, 6.07) is 14.7. The van der Waals surface area contributed by atoms with E-state index < -0.39 is 24.3 Å². The summed E-state index contributed by atoms with van der Waals surface area (Å²) in [7, 11) is 2.58. The standard InChI is InChI=1S/C40H50N8O6.2ClH/c1-23(2)33(45-39(51)53-5)37(49)47-19-7-9-31(47)35-41-21-29(43-35)27-15-11-25(12-16-27)26-13-17-28(18-14-26)30-22-42-36(44-30)32-10-8-20-48(32)38(50)34(24(3)4)46-40(52)54-6;;/h11-18,21-24,31-34H,7-10,19-20H2,1-6H3,(H,41,43)(H,42,44)(H,45,51)(H,46,52);2*1H/t31-,32-,33-,34?;;/m1../s1. The SMILES string of the molecule is COC(=O)NC(C(=O)N1CCC[C@@H]1c1ncc(-c2ccc(-c3ccc(-c4cnc([C@H]5CCCN5C(=O)[C@H](NC(=O)OC)C(C)C)[nH]4)cc3)cc2)[nH]1)C(C)C.Cl.Cl. The number of benzene rings is 2. The fourth-order valence-electron chi connectivity index (χ4n) is 7.38. The van der Waals surface area contributed by atoms with Crippen LogP contribution in [0.2, 0.25) is 0 Å². The van der Waals surface area contributed by atoms with Gasteiger partial charge in [0.25, 0.3) is 0 Å². The molecule has 0 spiro atoms.